The number of guanidine groups is 1. The Morgan fingerprint density at radius 3 is 2.57 bits per heavy atom. The monoisotopic (exact) mass is 422 g/mol. The first-order valence-electron chi connectivity index (χ1n) is 7.56. The van der Waals surface area contributed by atoms with Crippen LogP contribution < -0.4 is 10.6 Å². The number of nitrogens with zero attached hydrogens (tertiary/aromatic N) is 2. The third kappa shape index (κ3) is 6.95. The van der Waals surface area contributed by atoms with Crippen LogP contribution in [-0.2, 0) is 6.42 Å². The molecule has 1 aromatic rings. The van der Waals surface area contributed by atoms with E-state index >= 15 is 0 Å². The van der Waals surface area contributed by atoms with Gasteiger partial charge in [0.2, 0.25) is 0 Å². The third-order valence-corrected chi connectivity index (χ3v) is 4.84. The Morgan fingerprint density at radius 2 is 2.00 bits per heavy atom. The van der Waals surface area contributed by atoms with E-state index in [1.165, 1.54) is 35.6 Å². The van der Waals surface area contributed by atoms with E-state index in [1.54, 1.807) is 11.3 Å². The number of aromatic nitrogens is 1. The summed E-state index contributed by atoms with van der Waals surface area (Å²) in [5, 5.41) is 7.94. The van der Waals surface area contributed by atoms with Crippen molar-refractivity contribution in [3.63, 3.8) is 0 Å². The molecule has 1 fully saturated rings. The van der Waals surface area contributed by atoms with Crippen LogP contribution in [0.25, 0.3) is 0 Å². The molecule has 1 aliphatic carbocycles. The number of hydrogen-bond acceptors (Lipinski definition) is 3. The predicted molar refractivity (Wildman–Crippen MR) is 102 cm³/mol. The first-order chi connectivity index (χ1) is 9.69. The Labute approximate surface area is 149 Å². The van der Waals surface area contributed by atoms with Crippen molar-refractivity contribution in [3.05, 3.63) is 15.6 Å². The molecule has 1 saturated carbocycles. The number of rotatable bonds is 7. The van der Waals surface area contributed by atoms with Crippen molar-refractivity contribution in [1.82, 2.24) is 15.6 Å². The highest BCUT2D eigenvalue weighted by Crippen LogP contribution is 2.33. The summed E-state index contributed by atoms with van der Waals surface area (Å²) >= 11 is 1.79. The van der Waals surface area contributed by atoms with E-state index in [-0.39, 0.29) is 24.0 Å². The van der Waals surface area contributed by atoms with Gasteiger partial charge in [-0.1, -0.05) is 12.8 Å². The summed E-state index contributed by atoms with van der Waals surface area (Å²) < 4.78 is 0. The van der Waals surface area contributed by atoms with Gasteiger partial charge in [-0.3, -0.25) is 4.99 Å². The highest BCUT2D eigenvalue weighted by Gasteiger charge is 2.19. The van der Waals surface area contributed by atoms with E-state index in [4.69, 9.17) is 0 Å². The molecule has 0 spiro atoms. The van der Waals surface area contributed by atoms with Gasteiger partial charge in [0.1, 0.15) is 0 Å². The molecule has 0 aromatic carbocycles. The zero-order valence-corrected chi connectivity index (χ0v) is 16.4. The molecule has 0 unspecified atom stereocenters. The topological polar surface area (TPSA) is 49.3 Å². The van der Waals surface area contributed by atoms with Crippen LogP contribution in [-0.4, -0.2) is 31.1 Å². The Kier molecular flexibility index (Phi) is 8.55. The van der Waals surface area contributed by atoms with E-state index in [9.17, 15) is 0 Å². The van der Waals surface area contributed by atoms with Gasteiger partial charge in [-0.25, -0.2) is 4.98 Å². The fourth-order valence-electron chi connectivity index (χ4n) is 2.16. The van der Waals surface area contributed by atoms with Crippen molar-refractivity contribution in [3.8, 4) is 0 Å². The molecule has 4 nitrogen and oxygen atoms in total. The summed E-state index contributed by atoms with van der Waals surface area (Å²) in [7, 11) is 1.83. The lowest BCUT2D eigenvalue weighted by Gasteiger charge is -2.11. The van der Waals surface area contributed by atoms with Gasteiger partial charge in [0, 0.05) is 31.4 Å². The van der Waals surface area contributed by atoms with Gasteiger partial charge in [0.05, 0.1) is 10.7 Å². The van der Waals surface area contributed by atoms with E-state index in [0.717, 1.165) is 37.1 Å². The van der Waals surface area contributed by atoms with Gasteiger partial charge in [0.25, 0.3) is 0 Å². The van der Waals surface area contributed by atoms with E-state index in [2.05, 4.69) is 34.5 Å². The maximum Gasteiger partial charge on any atom is 0.190 e. The molecule has 0 bridgehead atoms. The van der Waals surface area contributed by atoms with Crippen molar-refractivity contribution in [2.45, 2.75) is 46.0 Å². The third-order valence-electron chi connectivity index (χ3n) is 3.71. The summed E-state index contributed by atoms with van der Waals surface area (Å²) in [5.74, 6) is 1.92. The lowest BCUT2D eigenvalue weighted by Crippen LogP contribution is -2.38. The van der Waals surface area contributed by atoms with Crippen LogP contribution in [0, 0.1) is 19.8 Å². The maximum atomic E-state index is 4.55. The van der Waals surface area contributed by atoms with Gasteiger partial charge < -0.3 is 10.6 Å². The van der Waals surface area contributed by atoms with Gasteiger partial charge in [-0.05, 0) is 32.6 Å². The van der Waals surface area contributed by atoms with Crippen LogP contribution in [0.4, 0.5) is 0 Å². The smallest absolute Gasteiger partial charge is 0.190 e. The van der Waals surface area contributed by atoms with Crippen molar-refractivity contribution < 1.29 is 0 Å². The summed E-state index contributed by atoms with van der Waals surface area (Å²) in [6.07, 6.45) is 6.46. The van der Waals surface area contributed by atoms with Gasteiger partial charge in [0.15, 0.2) is 5.96 Å². The molecule has 1 aliphatic rings. The van der Waals surface area contributed by atoms with Crippen molar-refractivity contribution in [2.24, 2.45) is 10.9 Å². The highest BCUT2D eigenvalue weighted by atomic mass is 127. The molecule has 1 heterocycles. The number of nitrogens with one attached hydrogen (secondary N) is 2. The molecule has 120 valence electrons. The Hall–Kier alpha value is -0.370. The minimum absolute atomic E-state index is 0. The predicted octanol–water partition coefficient (Wildman–Crippen LogP) is 3.28. The zero-order chi connectivity index (χ0) is 14.4. The van der Waals surface area contributed by atoms with Crippen LogP contribution in [0.15, 0.2) is 4.99 Å². The molecule has 2 N–H and O–H groups in total. The molecule has 0 saturated heterocycles. The summed E-state index contributed by atoms with van der Waals surface area (Å²) in [6.45, 7) is 6.10. The minimum atomic E-state index is 0. The second kappa shape index (κ2) is 9.61. The molecular formula is C15H27IN4S. The molecule has 1 aromatic heterocycles. The number of hydrogen-bond donors (Lipinski definition) is 2. The fraction of sp³-hybridized carbons (Fsp3) is 0.733. The molecule has 2 rings (SSSR count). The van der Waals surface area contributed by atoms with Crippen LogP contribution in [0.1, 0.15) is 41.3 Å². The number of thiazole rings is 1. The summed E-state index contributed by atoms with van der Waals surface area (Å²) in [6, 6.07) is 0. The van der Waals surface area contributed by atoms with Gasteiger partial charge >= 0.3 is 0 Å². The normalized spacial score (nSPS) is 14.7. The van der Waals surface area contributed by atoms with Gasteiger partial charge in [-0.2, -0.15) is 0 Å². The van der Waals surface area contributed by atoms with Crippen molar-refractivity contribution in [1.29, 1.82) is 0 Å². The standard InChI is InChI=1S/C15H26N4S.HI/c1-11-12(2)20-14(19-11)8-10-18-15(16-3)17-9-4-5-13-6-7-13;/h13H,4-10H2,1-3H3,(H2,16,17,18);1H. The van der Waals surface area contributed by atoms with Crippen molar-refractivity contribution >= 4 is 41.3 Å². The lowest BCUT2D eigenvalue weighted by atomic mass is 10.2. The first-order valence-corrected chi connectivity index (χ1v) is 8.38. The van der Waals surface area contributed by atoms with Crippen LogP contribution >= 0.6 is 35.3 Å². The number of aliphatic imine (C=N–C) groups is 1. The Balaban J connectivity index is 0.00000220. The molecule has 0 aliphatic heterocycles. The second-order valence-corrected chi connectivity index (χ2v) is 6.80. The lowest BCUT2D eigenvalue weighted by molar-refractivity contribution is 0.644. The molecule has 0 amide bonds. The molecule has 21 heavy (non-hydrogen) atoms. The number of aryl methyl sites for hydroxylation is 2. The van der Waals surface area contributed by atoms with E-state index < -0.39 is 0 Å². The van der Waals surface area contributed by atoms with Crippen molar-refractivity contribution in [2.75, 3.05) is 20.1 Å². The molecule has 0 atom stereocenters. The summed E-state index contributed by atoms with van der Waals surface area (Å²) in [5.41, 5.74) is 1.16. The minimum Gasteiger partial charge on any atom is -0.356 e. The molecule has 6 heteroatoms. The average molecular weight is 422 g/mol. The van der Waals surface area contributed by atoms with Crippen LogP contribution in [0.3, 0.4) is 0 Å². The molecular weight excluding hydrogens is 395 g/mol. The zero-order valence-electron chi connectivity index (χ0n) is 13.2. The summed E-state index contributed by atoms with van der Waals surface area (Å²) in [4.78, 5) is 10.1. The first kappa shape index (κ1) is 18.7. The average Bonchev–Trinajstić information content (AvgIpc) is 3.19. The fourth-order valence-corrected chi connectivity index (χ4v) is 3.09. The SMILES string of the molecule is CN=C(NCCCC1CC1)NCCc1nc(C)c(C)s1.I. The highest BCUT2D eigenvalue weighted by molar-refractivity contribution is 14.0. The van der Waals surface area contributed by atoms with E-state index in [0.29, 0.717) is 0 Å². The second-order valence-electron chi connectivity index (χ2n) is 5.51. The Morgan fingerprint density at radius 1 is 1.29 bits per heavy atom. The Bertz CT molecular complexity index is 435. The quantitative estimate of drug-likeness (QED) is 0.307. The number of halogens is 1. The van der Waals surface area contributed by atoms with Gasteiger partial charge in [-0.15, -0.1) is 35.3 Å². The maximum absolute atomic E-state index is 4.55. The van der Waals surface area contributed by atoms with Crippen LogP contribution in [0.2, 0.25) is 0 Å². The largest absolute Gasteiger partial charge is 0.356 e. The molecule has 0 radical (unpaired) electrons. The van der Waals surface area contributed by atoms with E-state index in [1.807, 2.05) is 7.05 Å². The van der Waals surface area contributed by atoms with Crippen LogP contribution in [0.5, 0.6) is 0 Å².